The predicted molar refractivity (Wildman–Crippen MR) is 127 cm³/mol. The van der Waals surface area contributed by atoms with Crippen LogP contribution in [0.3, 0.4) is 0 Å². The molecule has 0 aliphatic heterocycles. The van der Waals surface area contributed by atoms with Crippen LogP contribution in [0.25, 0.3) is 0 Å². The Kier molecular flexibility index (Phi) is 21.2. The van der Waals surface area contributed by atoms with Crippen molar-refractivity contribution in [2.24, 2.45) is 0 Å². The highest BCUT2D eigenvalue weighted by Crippen LogP contribution is 2.15. The molecule has 4 nitrogen and oxygen atoms in total. The minimum absolute atomic E-state index is 0.405. The molecule has 0 aromatic heterocycles. The first-order valence-electron chi connectivity index (χ1n) is 13.0. The number of rotatable bonds is 24. The fourth-order valence-electron chi connectivity index (χ4n) is 3.83. The van der Waals surface area contributed by atoms with Gasteiger partial charge in [-0.25, -0.2) is 4.79 Å². The number of unbranched alkanes of at least 4 members (excludes halogenated alkanes) is 19. The summed E-state index contributed by atoms with van der Waals surface area (Å²) in [5.41, 5.74) is -1.45. The SMILES string of the molecule is CCCCCCCCCCCCCCCCCCCCCCO[C@](C)(CO)C(=O)O. The summed E-state index contributed by atoms with van der Waals surface area (Å²) < 4.78 is 5.33. The van der Waals surface area contributed by atoms with Gasteiger partial charge in [0.25, 0.3) is 0 Å². The Labute approximate surface area is 187 Å². The van der Waals surface area contributed by atoms with Gasteiger partial charge in [0.15, 0.2) is 5.60 Å². The van der Waals surface area contributed by atoms with E-state index in [9.17, 15) is 4.79 Å². The lowest BCUT2D eigenvalue weighted by atomic mass is 10.0. The van der Waals surface area contributed by atoms with Crippen molar-refractivity contribution in [2.75, 3.05) is 13.2 Å². The molecule has 0 aromatic rings. The predicted octanol–water partition coefficient (Wildman–Crippen LogP) is 7.66. The highest BCUT2D eigenvalue weighted by atomic mass is 16.5. The number of carboxylic acid groups (broad SMARTS) is 1. The summed E-state index contributed by atoms with van der Waals surface area (Å²) in [4.78, 5) is 11.0. The second kappa shape index (κ2) is 21.6. The van der Waals surface area contributed by atoms with Gasteiger partial charge < -0.3 is 14.9 Å². The second-order valence-corrected chi connectivity index (χ2v) is 9.26. The Morgan fingerprint density at radius 3 is 1.20 bits per heavy atom. The molecule has 0 aliphatic carbocycles. The average molecular weight is 429 g/mol. The van der Waals surface area contributed by atoms with Crippen LogP contribution in [-0.2, 0) is 9.53 Å². The van der Waals surface area contributed by atoms with Gasteiger partial charge in [-0.1, -0.05) is 129 Å². The monoisotopic (exact) mass is 428 g/mol. The van der Waals surface area contributed by atoms with Gasteiger partial charge in [0.2, 0.25) is 0 Å². The molecule has 0 fully saturated rings. The van der Waals surface area contributed by atoms with Crippen LogP contribution in [0.5, 0.6) is 0 Å². The smallest absolute Gasteiger partial charge is 0.338 e. The molecule has 0 rings (SSSR count). The molecule has 0 aliphatic rings. The molecule has 30 heavy (non-hydrogen) atoms. The van der Waals surface area contributed by atoms with E-state index in [1.165, 1.54) is 122 Å². The van der Waals surface area contributed by atoms with Crippen LogP contribution in [0.4, 0.5) is 0 Å². The minimum Gasteiger partial charge on any atom is -0.479 e. The van der Waals surface area contributed by atoms with E-state index in [0.29, 0.717) is 6.61 Å². The van der Waals surface area contributed by atoms with Gasteiger partial charge in [0.1, 0.15) is 0 Å². The van der Waals surface area contributed by atoms with E-state index in [1.807, 2.05) is 0 Å². The molecule has 0 unspecified atom stereocenters. The number of aliphatic carboxylic acids is 1. The standard InChI is InChI=1S/C26H52O4/c1-3-4-5-6-7-8-9-10-11-12-13-14-15-16-17-18-19-20-21-22-23-30-26(2,24-27)25(28)29/h27H,3-24H2,1-2H3,(H,28,29)/t26-/m1/s1. The summed E-state index contributed by atoms with van der Waals surface area (Å²) in [5, 5.41) is 18.1. The largest absolute Gasteiger partial charge is 0.479 e. The van der Waals surface area contributed by atoms with E-state index in [4.69, 9.17) is 14.9 Å². The summed E-state index contributed by atoms with van der Waals surface area (Å²) in [6, 6.07) is 0. The summed E-state index contributed by atoms with van der Waals surface area (Å²) in [6.45, 7) is 3.62. The molecule has 180 valence electrons. The molecule has 0 aromatic carbocycles. The van der Waals surface area contributed by atoms with Gasteiger partial charge in [-0.2, -0.15) is 0 Å². The molecule has 0 amide bonds. The van der Waals surface area contributed by atoms with Gasteiger partial charge in [-0.05, 0) is 13.3 Å². The molecule has 0 saturated heterocycles. The first-order valence-corrected chi connectivity index (χ1v) is 13.0. The van der Waals surface area contributed by atoms with Gasteiger partial charge in [-0.3, -0.25) is 0 Å². The normalized spacial score (nSPS) is 13.4. The van der Waals surface area contributed by atoms with Crippen LogP contribution in [0.15, 0.2) is 0 Å². The van der Waals surface area contributed by atoms with E-state index < -0.39 is 18.2 Å². The highest BCUT2D eigenvalue weighted by molar-refractivity contribution is 5.77. The van der Waals surface area contributed by atoms with E-state index >= 15 is 0 Å². The molecular formula is C26H52O4. The van der Waals surface area contributed by atoms with Gasteiger partial charge in [-0.15, -0.1) is 0 Å². The van der Waals surface area contributed by atoms with E-state index in [0.717, 1.165) is 12.8 Å². The number of hydrogen-bond acceptors (Lipinski definition) is 3. The van der Waals surface area contributed by atoms with Gasteiger partial charge in [0.05, 0.1) is 6.61 Å². The molecule has 0 bridgehead atoms. The summed E-state index contributed by atoms with van der Waals surface area (Å²) in [7, 11) is 0. The molecule has 0 saturated carbocycles. The molecule has 1 atom stereocenters. The van der Waals surface area contributed by atoms with Crippen molar-refractivity contribution in [3.63, 3.8) is 0 Å². The zero-order chi connectivity index (χ0) is 22.3. The summed E-state index contributed by atoms with van der Waals surface area (Å²) in [5.74, 6) is -1.10. The lowest BCUT2D eigenvalue weighted by Gasteiger charge is -2.22. The van der Waals surface area contributed by atoms with Crippen LogP contribution >= 0.6 is 0 Å². The van der Waals surface area contributed by atoms with Crippen LogP contribution in [0, 0.1) is 0 Å². The fraction of sp³-hybridized carbons (Fsp3) is 0.962. The van der Waals surface area contributed by atoms with Crippen molar-refractivity contribution in [3.8, 4) is 0 Å². The maximum atomic E-state index is 11.0. The molecule has 4 heteroatoms. The summed E-state index contributed by atoms with van der Waals surface area (Å²) >= 11 is 0. The fourth-order valence-corrected chi connectivity index (χ4v) is 3.83. The highest BCUT2D eigenvalue weighted by Gasteiger charge is 2.33. The van der Waals surface area contributed by atoms with Gasteiger partial charge in [0, 0.05) is 6.61 Å². The lowest BCUT2D eigenvalue weighted by Crippen LogP contribution is -2.42. The first kappa shape index (κ1) is 29.4. The maximum Gasteiger partial charge on any atom is 0.338 e. The topological polar surface area (TPSA) is 66.8 Å². The van der Waals surface area contributed by atoms with Crippen LogP contribution < -0.4 is 0 Å². The third-order valence-corrected chi connectivity index (χ3v) is 6.17. The third-order valence-electron chi connectivity index (χ3n) is 6.17. The van der Waals surface area contributed by atoms with E-state index in [2.05, 4.69) is 6.92 Å². The van der Waals surface area contributed by atoms with Crippen molar-refractivity contribution in [1.29, 1.82) is 0 Å². The molecule has 0 heterocycles. The lowest BCUT2D eigenvalue weighted by molar-refractivity contribution is -0.168. The average Bonchev–Trinajstić information content (AvgIpc) is 2.74. The van der Waals surface area contributed by atoms with E-state index in [-0.39, 0.29) is 0 Å². The number of ether oxygens (including phenoxy) is 1. The number of aliphatic hydroxyl groups is 1. The second-order valence-electron chi connectivity index (χ2n) is 9.26. The summed E-state index contributed by atoms with van der Waals surface area (Å²) in [6.07, 6.45) is 26.9. The van der Waals surface area contributed by atoms with Gasteiger partial charge >= 0.3 is 5.97 Å². The maximum absolute atomic E-state index is 11.0. The third kappa shape index (κ3) is 18.2. The van der Waals surface area contributed by atoms with Crippen molar-refractivity contribution < 1.29 is 19.7 Å². The minimum atomic E-state index is -1.45. The Morgan fingerprint density at radius 1 is 0.633 bits per heavy atom. The van der Waals surface area contributed by atoms with Crippen LogP contribution in [0.1, 0.15) is 142 Å². The van der Waals surface area contributed by atoms with Crippen LogP contribution in [-0.4, -0.2) is 35.0 Å². The van der Waals surface area contributed by atoms with Crippen molar-refractivity contribution in [1.82, 2.24) is 0 Å². The van der Waals surface area contributed by atoms with Crippen molar-refractivity contribution in [2.45, 2.75) is 148 Å². The Morgan fingerprint density at radius 2 is 0.933 bits per heavy atom. The Bertz CT molecular complexity index is 372. The number of hydrogen-bond donors (Lipinski definition) is 2. The Balaban J connectivity index is 3.17. The molecule has 0 spiro atoms. The zero-order valence-electron chi connectivity index (χ0n) is 20.3. The zero-order valence-corrected chi connectivity index (χ0v) is 20.3. The Hall–Kier alpha value is -0.610. The number of carboxylic acids is 1. The van der Waals surface area contributed by atoms with E-state index in [1.54, 1.807) is 0 Å². The van der Waals surface area contributed by atoms with Crippen molar-refractivity contribution >= 4 is 5.97 Å². The van der Waals surface area contributed by atoms with Crippen LogP contribution in [0.2, 0.25) is 0 Å². The number of carbonyl (C=O) groups is 1. The molecular weight excluding hydrogens is 376 g/mol. The first-order chi connectivity index (χ1) is 14.6. The van der Waals surface area contributed by atoms with Crippen molar-refractivity contribution in [3.05, 3.63) is 0 Å². The molecule has 2 N–H and O–H groups in total. The number of aliphatic hydroxyl groups excluding tert-OH is 1. The quantitative estimate of drug-likeness (QED) is 0.155. The molecule has 0 radical (unpaired) electrons.